The van der Waals surface area contributed by atoms with Gasteiger partial charge in [0.1, 0.15) is 0 Å². The lowest BCUT2D eigenvalue weighted by molar-refractivity contribution is -0.116. The number of nitrogens with two attached hydrogens (primary N) is 1. The molecule has 1 fully saturated rings. The van der Waals surface area contributed by atoms with E-state index in [4.69, 9.17) is 5.73 Å². The van der Waals surface area contributed by atoms with E-state index in [0.29, 0.717) is 11.6 Å². The molecule has 0 aromatic heterocycles. The van der Waals surface area contributed by atoms with Crippen LogP contribution >= 0.6 is 15.9 Å². The Labute approximate surface area is 121 Å². The van der Waals surface area contributed by atoms with Crippen molar-refractivity contribution < 1.29 is 9.59 Å². The first-order valence-corrected chi connectivity index (χ1v) is 7.21. The van der Waals surface area contributed by atoms with E-state index in [0.717, 1.165) is 42.1 Å². The average molecular weight is 325 g/mol. The average Bonchev–Trinajstić information content (AvgIpc) is 2.89. The van der Waals surface area contributed by atoms with E-state index in [1.54, 1.807) is 6.07 Å². The molecular weight excluding hydrogens is 308 g/mol. The second kappa shape index (κ2) is 6.19. The van der Waals surface area contributed by atoms with Crippen LogP contribution in [0.3, 0.4) is 0 Å². The molecule has 1 saturated carbocycles. The quantitative estimate of drug-likeness (QED) is 0.846. The van der Waals surface area contributed by atoms with Gasteiger partial charge in [-0.2, -0.15) is 0 Å². The predicted molar refractivity (Wildman–Crippen MR) is 78.3 cm³/mol. The summed E-state index contributed by atoms with van der Waals surface area (Å²) in [5, 5.41) is 0. The van der Waals surface area contributed by atoms with Crippen LogP contribution in [0, 0.1) is 0 Å². The SMILES string of the molecule is NC(=O)CN(c1ccc(Br)cc1C=O)C1CCCC1. The van der Waals surface area contributed by atoms with Gasteiger partial charge >= 0.3 is 0 Å². The summed E-state index contributed by atoms with van der Waals surface area (Å²) in [7, 11) is 0. The lowest BCUT2D eigenvalue weighted by Gasteiger charge is -2.31. The molecule has 0 bridgehead atoms. The van der Waals surface area contributed by atoms with Crippen LogP contribution in [0.4, 0.5) is 5.69 Å². The number of rotatable bonds is 5. The fourth-order valence-electron chi connectivity index (χ4n) is 2.68. The van der Waals surface area contributed by atoms with E-state index in [9.17, 15) is 9.59 Å². The zero-order valence-electron chi connectivity index (χ0n) is 10.6. The van der Waals surface area contributed by atoms with Gasteiger partial charge in [0.2, 0.25) is 5.91 Å². The number of amides is 1. The largest absolute Gasteiger partial charge is 0.368 e. The molecule has 1 aliphatic rings. The summed E-state index contributed by atoms with van der Waals surface area (Å²) in [6.45, 7) is 0.160. The van der Waals surface area contributed by atoms with Crippen molar-refractivity contribution in [2.24, 2.45) is 5.73 Å². The summed E-state index contributed by atoms with van der Waals surface area (Å²) in [6.07, 6.45) is 5.23. The van der Waals surface area contributed by atoms with Gasteiger partial charge in [-0.3, -0.25) is 9.59 Å². The third kappa shape index (κ3) is 3.35. The Hall–Kier alpha value is -1.36. The summed E-state index contributed by atoms with van der Waals surface area (Å²) in [6, 6.07) is 5.82. The van der Waals surface area contributed by atoms with Crippen LogP contribution in [0.25, 0.3) is 0 Å². The van der Waals surface area contributed by atoms with E-state index in [2.05, 4.69) is 15.9 Å². The van der Waals surface area contributed by atoms with Crippen molar-refractivity contribution in [3.8, 4) is 0 Å². The lowest BCUT2D eigenvalue weighted by atomic mass is 10.1. The first-order chi connectivity index (χ1) is 9.11. The van der Waals surface area contributed by atoms with E-state index in [-0.39, 0.29) is 12.5 Å². The fourth-order valence-corrected chi connectivity index (χ4v) is 3.05. The summed E-state index contributed by atoms with van der Waals surface area (Å²) in [4.78, 5) is 24.5. The number of halogens is 1. The number of aldehydes is 1. The van der Waals surface area contributed by atoms with Crippen molar-refractivity contribution in [2.45, 2.75) is 31.7 Å². The van der Waals surface area contributed by atoms with Gasteiger partial charge in [0.15, 0.2) is 6.29 Å². The summed E-state index contributed by atoms with van der Waals surface area (Å²) in [5.41, 5.74) is 6.72. The minimum Gasteiger partial charge on any atom is -0.368 e. The second-order valence-corrected chi connectivity index (χ2v) is 5.77. The number of hydrogen-bond acceptors (Lipinski definition) is 3. The van der Waals surface area contributed by atoms with Gasteiger partial charge in [-0.25, -0.2) is 0 Å². The Balaban J connectivity index is 2.36. The molecule has 5 heteroatoms. The Morgan fingerprint density at radius 3 is 2.68 bits per heavy atom. The van der Waals surface area contributed by atoms with Crippen LogP contribution in [0.5, 0.6) is 0 Å². The van der Waals surface area contributed by atoms with Gasteiger partial charge in [0, 0.05) is 21.8 Å². The normalized spacial score (nSPS) is 15.4. The molecule has 19 heavy (non-hydrogen) atoms. The Morgan fingerprint density at radius 2 is 2.11 bits per heavy atom. The first-order valence-electron chi connectivity index (χ1n) is 6.41. The monoisotopic (exact) mass is 324 g/mol. The zero-order chi connectivity index (χ0) is 13.8. The van der Waals surface area contributed by atoms with Crippen LogP contribution in [-0.2, 0) is 4.79 Å². The zero-order valence-corrected chi connectivity index (χ0v) is 12.2. The lowest BCUT2D eigenvalue weighted by Crippen LogP contribution is -2.40. The van der Waals surface area contributed by atoms with E-state index in [1.165, 1.54) is 0 Å². The van der Waals surface area contributed by atoms with Gasteiger partial charge in [0.25, 0.3) is 0 Å². The third-order valence-corrected chi connectivity index (χ3v) is 4.01. The van der Waals surface area contributed by atoms with Crippen LogP contribution in [0.15, 0.2) is 22.7 Å². The van der Waals surface area contributed by atoms with Crippen molar-refractivity contribution in [3.63, 3.8) is 0 Å². The smallest absolute Gasteiger partial charge is 0.236 e. The van der Waals surface area contributed by atoms with Crippen molar-refractivity contribution in [2.75, 3.05) is 11.4 Å². The van der Waals surface area contributed by atoms with E-state index < -0.39 is 0 Å². The van der Waals surface area contributed by atoms with Crippen molar-refractivity contribution in [1.29, 1.82) is 0 Å². The van der Waals surface area contributed by atoms with Gasteiger partial charge in [-0.05, 0) is 31.0 Å². The number of benzene rings is 1. The number of anilines is 1. The standard InChI is InChI=1S/C14H17BrN2O2/c15-11-5-6-13(10(7-11)9-18)17(8-14(16)19)12-3-1-2-4-12/h5-7,9,12H,1-4,8H2,(H2,16,19). The van der Waals surface area contributed by atoms with Gasteiger partial charge in [-0.1, -0.05) is 28.8 Å². The fraction of sp³-hybridized carbons (Fsp3) is 0.429. The molecule has 0 heterocycles. The van der Waals surface area contributed by atoms with Crippen molar-refractivity contribution in [1.82, 2.24) is 0 Å². The maximum atomic E-state index is 11.3. The Kier molecular flexibility index (Phi) is 4.58. The summed E-state index contributed by atoms with van der Waals surface area (Å²) < 4.78 is 0.851. The van der Waals surface area contributed by atoms with Crippen molar-refractivity contribution >= 4 is 33.8 Å². The highest BCUT2D eigenvalue weighted by Crippen LogP contribution is 2.31. The summed E-state index contributed by atoms with van der Waals surface area (Å²) >= 11 is 3.35. The van der Waals surface area contributed by atoms with E-state index in [1.807, 2.05) is 17.0 Å². The number of hydrogen-bond donors (Lipinski definition) is 1. The molecule has 0 spiro atoms. The molecule has 1 aromatic rings. The highest BCUT2D eigenvalue weighted by atomic mass is 79.9. The third-order valence-electron chi connectivity index (χ3n) is 3.52. The van der Waals surface area contributed by atoms with Gasteiger partial charge < -0.3 is 10.6 Å². The molecule has 0 aliphatic heterocycles. The van der Waals surface area contributed by atoms with Crippen molar-refractivity contribution in [3.05, 3.63) is 28.2 Å². The molecule has 0 radical (unpaired) electrons. The number of nitrogens with zero attached hydrogens (tertiary/aromatic N) is 1. The van der Waals surface area contributed by atoms with Gasteiger partial charge in [0.05, 0.1) is 6.54 Å². The Bertz CT molecular complexity index is 484. The molecule has 0 saturated heterocycles. The minimum absolute atomic E-state index is 0.160. The molecule has 0 atom stereocenters. The Morgan fingerprint density at radius 1 is 1.42 bits per heavy atom. The molecule has 102 valence electrons. The molecule has 2 rings (SSSR count). The minimum atomic E-state index is -0.369. The maximum absolute atomic E-state index is 11.3. The maximum Gasteiger partial charge on any atom is 0.236 e. The summed E-state index contributed by atoms with van der Waals surface area (Å²) in [5.74, 6) is -0.369. The van der Waals surface area contributed by atoms with Crippen LogP contribution in [0.2, 0.25) is 0 Å². The van der Waals surface area contributed by atoms with Crippen LogP contribution in [-0.4, -0.2) is 24.8 Å². The van der Waals surface area contributed by atoms with Crippen LogP contribution in [0.1, 0.15) is 36.0 Å². The number of carbonyl (C=O) groups excluding carboxylic acids is 2. The first kappa shape index (κ1) is 14.1. The number of carbonyl (C=O) groups is 2. The molecule has 4 nitrogen and oxygen atoms in total. The predicted octanol–water partition coefficient (Wildman–Crippen LogP) is 2.50. The molecule has 1 aliphatic carbocycles. The molecular formula is C14H17BrN2O2. The topological polar surface area (TPSA) is 63.4 Å². The van der Waals surface area contributed by atoms with E-state index >= 15 is 0 Å². The number of primary amides is 1. The highest BCUT2D eigenvalue weighted by Gasteiger charge is 2.25. The van der Waals surface area contributed by atoms with Gasteiger partial charge in [-0.15, -0.1) is 0 Å². The molecule has 0 unspecified atom stereocenters. The highest BCUT2D eigenvalue weighted by molar-refractivity contribution is 9.10. The van der Waals surface area contributed by atoms with Crippen LogP contribution < -0.4 is 10.6 Å². The second-order valence-electron chi connectivity index (χ2n) is 4.85. The molecule has 1 amide bonds. The molecule has 1 aromatic carbocycles. The molecule has 2 N–H and O–H groups in total.